The third-order valence-corrected chi connectivity index (χ3v) is 4.79. The number of unbranched alkanes of at least 4 members (excludes halogenated alkanes) is 1. The number of nitrogens with zero attached hydrogens (tertiary/aromatic N) is 3. The van der Waals surface area contributed by atoms with Gasteiger partial charge in [-0.1, -0.05) is 55.0 Å². The molecule has 2 amide bonds. The molecule has 0 aliphatic rings. The van der Waals surface area contributed by atoms with Gasteiger partial charge < -0.3 is 4.74 Å². The highest BCUT2D eigenvalue weighted by atomic mass is 32.1. The first-order valence-electron chi connectivity index (χ1n) is 9.42. The summed E-state index contributed by atoms with van der Waals surface area (Å²) in [6.45, 7) is 2.78. The van der Waals surface area contributed by atoms with Crippen LogP contribution in [0.4, 0.5) is 5.13 Å². The summed E-state index contributed by atoms with van der Waals surface area (Å²) in [5.41, 5.74) is 3.83. The minimum Gasteiger partial charge on any atom is -0.494 e. The zero-order chi connectivity index (χ0) is 21.2. The molecule has 0 radical (unpaired) electrons. The van der Waals surface area contributed by atoms with Crippen molar-refractivity contribution in [2.75, 3.05) is 11.9 Å². The summed E-state index contributed by atoms with van der Waals surface area (Å²) < 4.78 is 5.58. The van der Waals surface area contributed by atoms with Gasteiger partial charge in [0.1, 0.15) is 10.8 Å². The van der Waals surface area contributed by atoms with E-state index >= 15 is 0 Å². The number of amides is 2. The maximum absolute atomic E-state index is 12.0. The van der Waals surface area contributed by atoms with E-state index in [4.69, 9.17) is 4.74 Å². The Morgan fingerprint density at radius 3 is 2.57 bits per heavy atom. The van der Waals surface area contributed by atoms with Crippen LogP contribution in [0.1, 0.15) is 25.3 Å². The molecule has 0 spiro atoms. The Morgan fingerprint density at radius 2 is 1.83 bits per heavy atom. The summed E-state index contributed by atoms with van der Waals surface area (Å²) >= 11 is 1.18. The molecule has 30 heavy (non-hydrogen) atoms. The van der Waals surface area contributed by atoms with Crippen molar-refractivity contribution in [1.82, 2.24) is 15.6 Å². The number of ether oxygens (including phenoxy) is 1. The van der Waals surface area contributed by atoms with Crippen LogP contribution >= 0.6 is 11.3 Å². The van der Waals surface area contributed by atoms with E-state index in [9.17, 15) is 9.59 Å². The zero-order valence-electron chi connectivity index (χ0n) is 16.4. The van der Waals surface area contributed by atoms with E-state index in [0.717, 1.165) is 29.7 Å². The average molecular weight is 423 g/mol. The van der Waals surface area contributed by atoms with E-state index in [-0.39, 0.29) is 5.13 Å². The lowest BCUT2D eigenvalue weighted by molar-refractivity contribution is -0.136. The summed E-state index contributed by atoms with van der Waals surface area (Å²) in [4.78, 5) is 23.9. The lowest BCUT2D eigenvalue weighted by atomic mass is 10.2. The van der Waals surface area contributed by atoms with Gasteiger partial charge in [0, 0.05) is 5.56 Å². The Morgan fingerprint density at radius 1 is 1.07 bits per heavy atom. The number of anilines is 1. The van der Waals surface area contributed by atoms with Crippen molar-refractivity contribution in [1.29, 1.82) is 0 Å². The summed E-state index contributed by atoms with van der Waals surface area (Å²) in [5, 5.41) is 15.0. The van der Waals surface area contributed by atoms with Gasteiger partial charge in [-0.2, -0.15) is 5.10 Å². The highest BCUT2D eigenvalue weighted by molar-refractivity contribution is 7.18. The third-order valence-electron chi connectivity index (χ3n) is 3.90. The molecule has 9 heteroatoms. The van der Waals surface area contributed by atoms with Crippen molar-refractivity contribution >= 4 is 34.5 Å². The van der Waals surface area contributed by atoms with Crippen molar-refractivity contribution < 1.29 is 14.3 Å². The van der Waals surface area contributed by atoms with Crippen LogP contribution in [-0.4, -0.2) is 34.8 Å². The van der Waals surface area contributed by atoms with Gasteiger partial charge in [0.05, 0.1) is 12.8 Å². The molecule has 3 aromatic rings. The van der Waals surface area contributed by atoms with Crippen LogP contribution in [0.5, 0.6) is 5.75 Å². The topological polar surface area (TPSA) is 106 Å². The number of hydrogen-bond donors (Lipinski definition) is 2. The van der Waals surface area contributed by atoms with Crippen molar-refractivity contribution in [3.05, 3.63) is 60.2 Å². The van der Waals surface area contributed by atoms with Gasteiger partial charge >= 0.3 is 11.8 Å². The molecule has 2 N–H and O–H groups in total. The van der Waals surface area contributed by atoms with Gasteiger partial charge in [-0.05, 0) is 36.2 Å². The summed E-state index contributed by atoms with van der Waals surface area (Å²) in [6, 6.07) is 16.7. The second-order valence-electron chi connectivity index (χ2n) is 6.20. The van der Waals surface area contributed by atoms with Crippen LogP contribution in [0.25, 0.3) is 10.6 Å². The van der Waals surface area contributed by atoms with Gasteiger partial charge in [-0.25, -0.2) is 5.43 Å². The number of hydrogen-bond acceptors (Lipinski definition) is 7. The molecule has 0 aliphatic carbocycles. The minimum absolute atomic E-state index is 0.233. The van der Waals surface area contributed by atoms with Crippen LogP contribution < -0.4 is 15.5 Å². The second-order valence-corrected chi connectivity index (χ2v) is 7.18. The Bertz CT molecular complexity index is 1000. The van der Waals surface area contributed by atoms with Crippen LogP contribution in [0, 0.1) is 0 Å². The van der Waals surface area contributed by atoms with E-state index in [0.29, 0.717) is 11.6 Å². The number of nitrogens with one attached hydrogen (secondary N) is 2. The molecule has 0 saturated heterocycles. The molecule has 1 aromatic heterocycles. The van der Waals surface area contributed by atoms with E-state index in [2.05, 4.69) is 33.0 Å². The lowest BCUT2D eigenvalue weighted by Gasteiger charge is -2.04. The molecular formula is C21H21N5O3S. The molecule has 0 atom stereocenters. The average Bonchev–Trinajstić information content (AvgIpc) is 3.24. The van der Waals surface area contributed by atoms with E-state index in [1.165, 1.54) is 17.6 Å². The molecule has 154 valence electrons. The van der Waals surface area contributed by atoms with Gasteiger partial charge in [0.15, 0.2) is 0 Å². The fourth-order valence-electron chi connectivity index (χ4n) is 2.33. The first-order chi connectivity index (χ1) is 14.7. The van der Waals surface area contributed by atoms with Crippen molar-refractivity contribution in [2.24, 2.45) is 5.10 Å². The van der Waals surface area contributed by atoms with Crippen LogP contribution in [-0.2, 0) is 9.59 Å². The molecule has 2 aromatic carbocycles. The van der Waals surface area contributed by atoms with Crippen LogP contribution in [0.3, 0.4) is 0 Å². The number of benzene rings is 2. The fourth-order valence-corrected chi connectivity index (χ4v) is 3.07. The largest absolute Gasteiger partial charge is 0.494 e. The third kappa shape index (κ3) is 6.21. The van der Waals surface area contributed by atoms with Crippen molar-refractivity contribution in [3.63, 3.8) is 0 Å². The Hall–Kier alpha value is -3.59. The van der Waals surface area contributed by atoms with Crippen molar-refractivity contribution in [2.45, 2.75) is 19.8 Å². The molecular weight excluding hydrogens is 402 g/mol. The molecule has 0 saturated carbocycles. The number of hydrazone groups is 1. The Labute approximate surface area is 178 Å². The van der Waals surface area contributed by atoms with Gasteiger partial charge in [-0.3, -0.25) is 14.9 Å². The SMILES string of the molecule is CCCCOc1ccc(C=NNC(=O)C(=O)Nc2nnc(-c3ccccc3)s2)cc1. The molecule has 1 heterocycles. The number of carbonyl (C=O) groups excluding carboxylic acids is 2. The maximum atomic E-state index is 12.0. The van der Waals surface area contributed by atoms with Crippen LogP contribution in [0.15, 0.2) is 59.7 Å². The van der Waals surface area contributed by atoms with E-state index in [1.54, 1.807) is 0 Å². The predicted molar refractivity (Wildman–Crippen MR) is 117 cm³/mol. The van der Waals surface area contributed by atoms with E-state index in [1.807, 2.05) is 54.6 Å². The van der Waals surface area contributed by atoms with Gasteiger partial charge in [-0.15, -0.1) is 10.2 Å². The van der Waals surface area contributed by atoms with Gasteiger partial charge in [0.2, 0.25) is 5.13 Å². The number of aromatic nitrogens is 2. The smallest absolute Gasteiger partial charge is 0.329 e. The predicted octanol–water partition coefficient (Wildman–Crippen LogP) is 3.47. The molecule has 0 bridgehead atoms. The minimum atomic E-state index is -0.901. The molecule has 3 rings (SSSR count). The van der Waals surface area contributed by atoms with Crippen LogP contribution in [0.2, 0.25) is 0 Å². The number of carbonyl (C=O) groups is 2. The summed E-state index contributed by atoms with van der Waals surface area (Å²) in [5.74, 6) is -0.999. The monoisotopic (exact) mass is 423 g/mol. The first kappa shape index (κ1) is 21.1. The lowest BCUT2D eigenvalue weighted by Crippen LogP contribution is -2.32. The van der Waals surface area contributed by atoms with Crippen molar-refractivity contribution in [3.8, 4) is 16.3 Å². The summed E-state index contributed by atoms with van der Waals surface area (Å²) in [6.07, 6.45) is 3.52. The maximum Gasteiger partial charge on any atom is 0.329 e. The molecule has 8 nitrogen and oxygen atoms in total. The molecule has 0 aliphatic heterocycles. The summed E-state index contributed by atoms with van der Waals surface area (Å²) in [7, 11) is 0. The second kappa shape index (κ2) is 10.8. The zero-order valence-corrected chi connectivity index (χ0v) is 17.2. The van der Waals surface area contributed by atoms with Gasteiger partial charge in [0.25, 0.3) is 0 Å². The quantitative estimate of drug-likeness (QED) is 0.250. The molecule has 0 fully saturated rings. The highest BCUT2D eigenvalue weighted by Gasteiger charge is 2.16. The first-order valence-corrected chi connectivity index (χ1v) is 10.2. The number of rotatable bonds is 8. The Balaban J connectivity index is 1.47. The Kier molecular flexibility index (Phi) is 7.62. The normalized spacial score (nSPS) is 10.7. The fraction of sp³-hybridized carbons (Fsp3) is 0.190. The highest BCUT2D eigenvalue weighted by Crippen LogP contribution is 2.25. The molecule has 0 unspecified atom stereocenters. The van der Waals surface area contributed by atoms with E-state index < -0.39 is 11.8 Å². The standard InChI is InChI=1S/C21H21N5O3S/c1-2-3-13-29-17-11-9-15(10-12-17)14-22-24-19(28)18(27)23-21-26-25-20(30-21)16-7-5-4-6-8-16/h4-12,14H,2-3,13H2,1H3,(H,24,28)(H,23,26,27).